The third-order valence-electron chi connectivity index (χ3n) is 2.93. The van der Waals surface area contributed by atoms with E-state index in [2.05, 4.69) is 18.0 Å². The highest BCUT2D eigenvalue weighted by Gasteiger charge is 2.14. The Balaban J connectivity index is 2.10. The average Bonchev–Trinajstić information content (AvgIpc) is 2.71. The molecule has 2 nitrogen and oxygen atoms in total. The van der Waals surface area contributed by atoms with Crippen LogP contribution in [0.3, 0.4) is 0 Å². The summed E-state index contributed by atoms with van der Waals surface area (Å²) in [4.78, 5) is 16.4. The molecule has 90 valence electrons. The van der Waals surface area contributed by atoms with Gasteiger partial charge in [-0.3, -0.25) is 4.79 Å². The Labute approximate surface area is 106 Å². The van der Waals surface area contributed by atoms with E-state index in [-0.39, 0.29) is 5.92 Å². The molecule has 0 aliphatic rings. The number of aromatic nitrogens is 1. The van der Waals surface area contributed by atoms with E-state index in [1.54, 1.807) is 11.3 Å². The lowest BCUT2D eigenvalue weighted by Crippen LogP contribution is -2.13. The highest BCUT2D eigenvalue weighted by molar-refractivity contribution is 7.18. The smallest absolute Gasteiger partial charge is 0.142 e. The van der Waals surface area contributed by atoms with Crippen molar-refractivity contribution in [2.45, 2.75) is 33.1 Å². The van der Waals surface area contributed by atoms with Crippen LogP contribution in [0.1, 0.15) is 31.7 Å². The lowest BCUT2D eigenvalue weighted by atomic mass is 9.99. The molecule has 17 heavy (non-hydrogen) atoms. The van der Waals surface area contributed by atoms with Gasteiger partial charge in [0.15, 0.2) is 0 Å². The van der Waals surface area contributed by atoms with Crippen LogP contribution >= 0.6 is 11.3 Å². The van der Waals surface area contributed by atoms with Crippen molar-refractivity contribution in [1.82, 2.24) is 4.98 Å². The summed E-state index contributed by atoms with van der Waals surface area (Å²) < 4.78 is 1.17. The molecule has 0 amide bonds. The molecular formula is C14H17NOS. The number of para-hydroxylation sites is 1. The van der Waals surface area contributed by atoms with E-state index in [1.807, 2.05) is 25.1 Å². The predicted molar refractivity (Wildman–Crippen MR) is 72.4 cm³/mol. The third-order valence-corrected chi connectivity index (χ3v) is 3.97. The van der Waals surface area contributed by atoms with Gasteiger partial charge in [-0.05, 0) is 18.6 Å². The second kappa shape index (κ2) is 5.41. The molecule has 1 unspecified atom stereocenters. The van der Waals surface area contributed by atoms with Crippen LogP contribution in [0.5, 0.6) is 0 Å². The minimum atomic E-state index is 0.159. The summed E-state index contributed by atoms with van der Waals surface area (Å²) in [6.45, 7) is 4.13. The van der Waals surface area contributed by atoms with Crippen molar-refractivity contribution in [3.8, 4) is 0 Å². The van der Waals surface area contributed by atoms with Crippen LogP contribution in [0.15, 0.2) is 24.3 Å². The SMILES string of the molecule is CCCC(C)C(=O)Cc1nc2ccccc2s1. The number of hydrogen-bond acceptors (Lipinski definition) is 3. The normalized spacial score (nSPS) is 12.8. The number of rotatable bonds is 5. The van der Waals surface area contributed by atoms with Crippen molar-refractivity contribution >= 4 is 27.3 Å². The molecule has 0 N–H and O–H groups in total. The van der Waals surface area contributed by atoms with Gasteiger partial charge in [0.1, 0.15) is 10.8 Å². The van der Waals surface area contributed by atoms with Crippen molar-refractivity contribution in [2.75, 3.05) is 0 Å². The van der Waals surface area contributed by atoms with Gasteiger partial charge in [-0.1, -0.05) is 32.4 Å². The first-order valence-corrected chi connectivity index (χ1v) is 6.89. The number of carbonyl (C=O) groups excluding carboxylic acids is 1. The number of Topliss-reactive ketones (excluding diaryl/α,β-unsaturated/α-hetero) is 1. The summed E-state index contributed by atoms with van der Waals surface area (Å²) in [6, 6.07) is 8.03. The Hall–Kier alpha value is -1.22. The first kappa shape index (κ1) is 12.2. The molecule has 0 spiro atoms. The first-order valence-electron chi connectivity index (χ1n) is 6.08. The molecule has 0 aliphatic carbocycles. The molecule has 1 heterocycles. The first-order chi connectivity index (χ1) is 8.20. The number of thiazole rings is 1. The molecule has 0 aliphatic heterocycles. The van der Waals surface area contributed by atoms with Gasteiger partial charge in [-0.2, -0.15) is 0 Å². The highest BCUT2D eigenvalue weighted by atomic mass is 32.1. The van der Waals surface area contributed by atoms with Crippen LogP contribution in [0, 0.1) is 5.92 Å². The maximum absolute atomic E-state index is 11.9. The molecular weight excluding hydrogens is 230 g/mol. The molecule has 0 saturated carbocycles. The Morgan fingerprint density at radius 3 is 2.88 bits per heavy atom. The van der Waals surface area contributed by atoms with Gasteiger partial charge < -0.3 is 0 Å². The number of carbonyl (C=O) groups is 1. The fourth-order valence-electron chi connectivity index (χ4n) is 1.91. The van der Waals surface area contributed by atoms with Gasteiger partial charge in [0.25, 0.3) is 0 Å². The molecule has 0 fully saturated rings. The molecule has 2 rings (SSSR count). The summed E-state index contributed by atoms with van der Waals surface area (Å²) in [5, 5.41) is 0.944. The zero-order valence-electron chi connectivity index (χ0n) is 10.3. The molecule has 0 saturated heterocycles. The summed E-state index contributed by atoms with van der Waals surface area (Å²) in [7, 11) is 0. The van der Waals surface area contributed by atoms with Gasteiger partial charge in [0.05, 0.1) is 16.6 Å². The van der Waals surface area contributed by atoms with Crippen molar-refractivity contribution < 1.29 is 4.79 Å². The van der Waals surface area contributed by atoms with Gasteiger partial charge >= 0.3 is 0 Å². The summed E-state index contributed by atoms with van der Waals surface area (Å²) in [5.41, 5.74) is 1.00. The van der Waals surface area contributed by atoms with E-state index in [9.17, 15) is 4.79 Å². The van der Waals surface area contributed by atoms with E-state index < -0.39 is 0 Å². The zero-order valence-corrected chi connectivity index (χ0v) is 11.1. The quantitative estimate of drug-likeness (QED) is 0.803. The van der Waals surface area contributed by atoms with Crippen LogP contribution in [0.4, 0.5) is 0 Å². The Morgan fingerprint density at radius 1 is 1.41 bits per heavy atom. The van der Waals surface area contributed by atoms with E-state index in [4.69, 9.17) is 0 Å². The molecule has 1 aromatic carbocycles. The van der Waals surface area contributed by atoms with Crippen LogP contribution < -0.4 is 0 Å². The van der Waals surface area contributed by atoms with E-state index >= 15 is 0 Å². The number of ketones is 1. The molecule has 1 atom stereocenters. The van der Waals surface area contributed by atoms with E-state index in [0.29, 0.717) is 12.2 Å². The van der Waals surface area contributed by atoms with Crippen molar-refractivity contribution in [1.29, 1.82) is 0 Å². The fraction of sp³-hybridized carbons (Fsp3) is 0.429. The molecule has 3 heteroatoms. The molecule has 0 bridgehead atoms. The maximum Gasteiger partial charge on any atom is 0.142 e. The van der Waals surface area contributed by atoms with E-state index in [0.717, 1.165) is 23.4 Å². The van der Waals surface area contributed by atoms with Crippen LogP contribution in [-0.2, 0) is 11.2 Å². The lowest BCUT2D eigenvalue weighted by molar-refractivity contribution is -0.121. The van der Waals surface area contributed by atoms with Crippen molar-refractivity contribution in [2.24, 2.45) is 5.92 Å². The average molecular weight is 247 g/mol. The number of benzene rings is 1. The van der Waals surface area contributed by atoms with E-state index in [1.165, 1.54) is 4.70 Å². The van der Waals surface area contributed by atoms with Gasteiger partial charge in [0.2, 0.25) is 0 Å². The van der Waals surface area contributed by atoms with Crippen LogP contribution in [0.25, 0.3) is 10.2 Å². The van der Waals surface area contributed by atoms with Crippen molar-refractivity contribution in [3.05, 3.63) is 29.3 Å². The van der Waals surface area contributed by atoms with Gasteiger partial charge in [-0.25, -0.2) is 4.98 Å². The largest absolute Gasteiger partial charge is 0.299 e. The predicted octanol–water partition coefficient (Wildman–Crippen LogP) is 3.84. The summed E-state index contributed by atoms with van der Waals surface area (Å²) in [5.74, 6) is 0.470. The van der Waals surface area contributed by atoms with Crippen LogP contribution in [0.2, 0.25) is 0 Å². The number of nitrogens with zero attached hydrogens (tertiary/aromatic N) is 1. The zero-order chi connectivity index (χ0) is 12.3. The van der Waals surface area contributed by atoms with Crippen molar-refractivity contribution in [3.63, 3.8) is 0 Å². The van der Waals surface area contributed by atoms with Crippen LogP contribution in [-0.4, -0.2) is 10.8 Å². The third kappa shape index (κ3) is 2.91. The standard InChI is InChI=1S/C14H17NOS/c1-3-6-10(2)12(16)9-14-15-11-7-4-5-8-13(11)17-14/h4-5,7-8,10H,3,6,9H2,1-2H3. The molecule has 2 aromatic rings. The van der Waals surface area contributed by atoms with Gasteiger partial charge in [-0.15, -0.1) is 11.3 Å². The lowest BCUT2D eigenvalue weighted by Gasteiger charge is -2.06. The highest BCUT2D eigenvalue weighted by Crippen LogP contribution is 2.23. The van der Waals surface area contributed by atoms with Gasteiger partial charge in [0, 0.05) is 5.92 Å². The monoisotopic (exact) mass is 247 g/mol. The minimum Gasteiger partial charge on any atom is -0.299 e. The number of hydrogen-bond donors (Lipinski definition) is 0. The number of fused-ring (bicyclic) bond motifs is 1. The Bertz CT molecular complexity index is 485. The second-order valence-electron chi connectivity index (χ2n) is 4.41. The molecule has 1 aromatic heterocycles. The summed E-state index contributed by atoms with van der Waals surface area (Å²) >= 11 is 1.63. The molecule has 0 radical (unpaired) electrons. The second-order valence-corrected chi connectivity index (χ2v) is 5.52. The topological polar surface area (TPSA) is 30.0 Å². The maximum atomic E-state index is 11.9. The minimum absolute atomic E-state index is 0.159. The Morgan fingerprint density at radius 2 is 2.18 bits per heavy atom. The fourth-order valence-corrected chi connectivity index (χ4v) is 2.89. The summed E-state index contributed by atoms with van der Waals surface area (Å²) in [6.07, 6.45) is 2.52. The Kier molecular flexibility index (Phi) is 3.89.